The van der Waals surface area contributed by atoms with Crippen LogP contribution in [0.4, 0.5) is 5.82 Å². The molecular weight excluding hydrogens is 262 g/mol. The zero-order valence-electron chi connectivity index (χ0n) is 11.5. The van der Waals surface area contributed by atoms with Crippen LogP contribution in [-0.2, 0) is 0 Å². The lowest BCUT2D eigenvalue weighted by atomic mass is 10.1. The lowest BCUT2D eigenvalue weighted by Crippen LogP contribution is -2.03. The number of rotatable bonds is 3. The maximum atomic E-state index is 9.38. The maximum Gasteiger partial charge on any atom is 0.152 e. The highest BCUT2D eigenvalue weighted by atomic mass is 15.0. The summed E-state index contributed by atoms with van der Waals surface area (Å²) in [5, 5.41) is 13.5. The molecule has 0 radical (unpaired) electrons. The summed E-state index contributed by atoms with van der Waals surface area (Å²) < 4.78 is 0. The Morgan fingerprint density at radius 1 is 1.19 bits per heavy atom. The summed E-state index contributed by atoms with van der Waals surface area (Å²) in [4.78, 5) is 13.1. The number of nitriles is 1. The molecule has 1 N–H and O–H groups in total. The molecule has 0 saturated carbocycles. The predicted molar refractivity (Wildman–Crippen MR) is 81.6 cm³/mol. The van der Waals surface area contributed by atoms with Gasteiger partial charge < -0.3 is 5.32 Å². The third-order valence-electron chi connectivity index (χ3n) is 3.13. The van der Waals surface area contributed by atoms with Crippen molar-refractivity contribution in [3.8, 4) is 17.3 Å². The van der Waals surface area contributed by atoms with Gasteiger partial charge in [-0.3, -0.25) is 4.98 Å². The molecule has 0 spiro atoms. The number of fused-ring (bicyclic) bond motifs is 1. The van der Waals surface area contributed by atoms with Gasteiger partial charge in [-0.25, -0.2) is 9.97 Å². The van der Waals surface area contributed by atoms with Gasteiger partial charge in [0.2, 0.25) is 0 Å². The van der Waals surface area contributed by atoms with Crippen LogP contribution in [-0.4, -0.2) is 21.5 Å². The summed E-state index contributed by atoms with van der Waals surface area (Å²) in [5.41, 5.74) is 2.49. The van der Waals surface area contributed by atoms with Crippen molar-refractivity contribution in [2.24, 2.45) is 0 Å². The standard InChI is InChI=1S/C16H13N5/c1-2-18-16-15(19-7-8-20-16)12-9-11-5-3-4-6-13(11)21-14(12)10-17/h3-9H,2H2,1H3,(H,18,20). The summed E-state index contributed by atoms with van der Waals surface area (Å²) >= 11 is 0. The van der Waals surface area contributed by atoms with E-state index in [1.807, 2.05) is 37.3 Å². The van der Waals surface area contributed by atoms with Gasteiger partial charge in [-0.2, -0.15) is 5.26 Å². The molecule has 3 rings (SSSR count). The Morgan fingerprint density at radius 2 is 2.00 bits per heavy atom. The third-order valence-corrected chi connectivity index (χ3v) is 3.13. The van der Waals surface area contributed by atoms with E-state index in [1.54, 1.807) is 12.4 Å². The average Bonchev–Trinajstić information content (AvgIpc) is 2.54. The van der Waals surface area contributed by atoms with Crippen LogP contribution >= 0.6 is 0 Å². The van der Waals surface area contributed by atoms with Gasteiger partial charge in [-0.1, -0.05) is 18.2 Å². The second kappa shape index (κ2) is 5.55. The normalized spacial score (nSPS) is 10.3. The summed E-state index contributed by atoms with van der Waals surface area (Å²) in [6, 6.07) is 11.8. The van der Waals surface area contributed by atoms with E-state index in [-0.39, 0.29) is 0 Å². The Kier molecular flexibility index (Phi) is 3.44. The van der Waals surface area contributed by atoms with Crippen LogP contribution in [0, 0.1) is 11.3 Å². The van der Waals surface area contributed by atoms with Crippen LogP contribution in [0.15, 0.2) is 42.7 Å². The Morgan fingerprint density at radius 3 is 2.81 bits per heavy atom. The molecule has 0 bridgehead atoms. The molecule has 0 amide bonds. The van der Waals surface area contributed by atoms with Gasteiger partial charge in [0.05, 0.1) is 5.52 Å². The van der Waals surface area contributed by atoms with E-state index in [2.05, 4.69) is 26.3 Å². The first kappa shape index (κ1) is 13.0. The first-order valence-electron chi connectivity index (χ1n) is 6.68. The van der Waals surface area contributed by atoms with Crippen molar-refractivity contribution < 1.29 is 0 Å². The molecular formula is C16H13N5. The molecule has 0 fully saturated rings. The molecule has 3 aromatic rings. The number of anilines is 1. The van der Waals surface area contributed by atoms with Crippen molar-refractivity contribution >= 4 is 16.7 Å². The van der Waals surface area contributed by atoms with E-state index >= 15 is 0 Å². The Hall–Kier alpha value is -3.00. The average molecular weight is 275 g/mol. The summed E-state index contributed by atoms with van der Waals surface area (Å²) in [5.74, 6) is 0.661. The molecule has 0 saturated heterocycles. The number of para-hydroxylation sites is 1. The van der Waals surface area contributed by atoms with E-state index in [4.69, 9.17) is 0 Å². The fraction of sp³-hybridized carbons (Fsp3) is 0.125. The molecule has 1 aromatic carbocycles. The number of hydrogen-bond acceptors (Lipinski definition) is 5. The topological polar surface area (TPSA) is 74.5 Å². The first-order valence-corrected chi connectivity index (χ1v) is 6.68. The molecule has 0 aliphatic rings. The first-order chi connectivity index (χ1) is 10.3. The molecule has 5 heteroatoms. The highest BCUT2D eigenvalue weighted by Gasteiger charge is 2.14. The van der Waals surface area contributed by atoms with E-state index in [9.17, 15) is 5.26 Å². The van der Waals surface area contributed by atoms with Crippen molar-refractivity contribution in [2.75, 3.05) is 11.9 Å². The summed E-state index contributed by atoms with van der Waals surface area (Å²) in [6.45, 7) is 2.72. The van der Waals surface area contributed by atoms with Crippen molar-refractivity contribution in [3.05, 3.63) is 48.4 Å². The van der Waals surface area contributed by atoms with Crippen molar-refractivity contribution in [1.82, 2.24) is 15.0 Å². The van der Waals surface area contributed by atoms with Crippen LogP contribution in [0.1, 0.15) is 12.6 Å². The van der Waals surface area contributed by atoms with Crippen LogP contribution in [0.25, 0.3) is 22.2 Å². The summed E-state index contributed by atoms with van der Waals surface area (Å²) in [6.07, 6.45) is 3.24. The largest absolute Gasteiger partial charge is 0.369 e. The highest BCUT2D eigenvalue weighted by Crippen LogP contribution is 2.28. The number of pyridine rings is 1. The minimum absolute atomic E-state index is 0.355. The van der Waals surface area contributed by atoms with Crippen LogP contribution in [0.5, 0.6) is 0 Å². The van der Waals surface area contributed by atoms with Crippen molar-refractivity contribution in [2.45, 2.75) is 6.92 Å². The molecule has 21 heavy (non-hydrogen) atoms. The number of hydrogen-bond donors (Lipinski definition) is 1. The van der Waals surface area contributed by atoms with Gasteiger partial charge in [0, 0.05) is 29.9 Å². The monoisotopic (exact) mass is 275 g/mol. The molecule has 5 nitrogen and oxygen atoms in total. The third kappa shape index (κ3) is 2.39. The number of nitrogens with one attached hydrogen (secondary N) is 1. The Bertz CT molecular complexity index is 835. The van der Waals surface area contributed by atoms with Crippen molar-refractivity contribution in [3.63, 3.8) is 0 Å². The zero-order valence-corrected chi connectivity index (χ0v) is 11.5. The maximum absolute atomic E-state index is 9.38. The second-order valence-electron chi connectivity index (χ2n) is 4.47. The van der Waals surface area contributed by atoms with Crippen LogP contribution in [0.3, 0.4) is 0 Å². The lowest BCUT2D eigenvalue weighted by Gasteiger charge is -2.10. The highest BCUT2D eigenvalue weighted by molar-refractivity contribution is 5.87. The molecule has 0 atom stereocenters. The SMILES string of the molecule is CCNc1nccnc1-c1cc2ccccc2nc1C#N. The van der Waals surface area contributed by atoms with Gasteiger partial charge in [0.25, 0.3) is 0 Å². The van der Waals surface area contributed by atoms with Crippen LogP contribution in [0.2, 0.25) is 0 Å². The molecule has 0 aliphatic carbocycles. The molecule has 102 valence electrons. The quantitative estimate of drug-likeness (QED) is 0.795. The fourth-order valence-electron chi connectivity index (χ4n) is 2.21. The number of nitrogens with zero attached hydrogens (tertiary/aromatic N) is 4. The van der Waals surface area contributed by atoms with Gasteiger partial charge in [-0.05, 0) is 19.1 Å². The predicted octanol–water partition coefficient (Wildman–Crippen LogP) is 3.00. The molecule has 0 aliphatic heterocycles. The lowest BCUT2D eigenvalue weighted by molar-refractivity contribution is 1.12. The van der Waals surface area contributed by atoms with Gasteiger partial charge in [0.1, 0.15) is 11.8 Å². The molecule has 2 heterocycles. The Labute approximate surface area is 122 Å². The molecule has 0 unspecified atom stereocenters. The van der Waals surface area contributed by atoms with E-state index in [0.717, 1.165) is 17.4 Å². The van der Waals surface area contributed by atoms with E-state index < -0.39 is 0 Å². The second-order valence-corrected chi connectivity index (χ2v) is 4.47. The van der Waals surface area contributed by atoms with Gasteiger partial charge in [0.15, 0.2) is 11.5 Å². The zero-order chi connectivity index (χ0) is 14.7. The molecule has 2 aromatic heterocycles. The van der Waals surface area contributed by atoms with Crippen molar-refractivity contribution in [1.29, 1.82) is 5.26 Å². The summed E-state index contributed by atoms with van der Waals surface area (Å²) in [7, 11) is 0. The number of aromatic nitrogens is 3. The van der Waals surface area contributed by atoms with Gasteiger partial charge >= 0.3 is 0 Å². The minimum Gasteiger partial charge on any atom is -0.369 e. The van der Waals surface area contributed by atoms with E-state index in [1.165, 1.54) is 0 Å². The van der Waals surface area contributed by atoms with E-state index in [0.29, 0.717) is 22.8 Å². The number of benzene rings is 1. The smallest absolute Gasteiger partial charge is 0.152 e. The fourth-order valence-corrected chi connectivity index (χ4v) is 2.21. The Balaban J connectivity index is 2.27. The van der Waals surface area contributed by atoms with Crippen LogP contribution < -0.4 is 5.32 Å². The van der Waals surface area contributed by atoms with Gasteiger partial charge in [-0.15, -0.1) is 0 Å². The minimum atomic E-state index is 0.355.